The Morgan fingerprint density at radius 3 is 2.37 bits per heavy atom. The van der Waals surface area contributed by atoms with Crippen LogP contribution < -0.4 is 10.2 Å². The smallest absolute Gasteiger partial charge is 0.337 e. The fourth-order valence-electron chi connectivity index (χ4n) is 2.49. The van der Waals surface area contributed by atoms with Crippen molar-refractivity contribution in [2.24, 2.45) is 0 Å². The van der Waals surface area contributed by atoms with Gasteiger partial charge < -0.3 is 15.0 Å². The lowest BCUT2D eigenvalue weighted by Gasteiger charge is -2.15. The molecule has 138 valence electrons. The highest BCUT2D eigenvalue weighted by Gasteiger charge is 2.18. The number of methoxy groups -OCH3 is 1. The summed E-state index contributed by atoms with van der Waals surface area (Å²) in [6.07, 6.45) is 0. The van der Waals surface area contributed by atoms with Gasteiger partial charge in [-0.15, -0.1) is 0 Å². The summed E-state index contributed by atoms with van der Waals surface area (Å²) in [5.41, 5.74) is 2.69. The van der Waals surface area contributed by atoms with E-state index in [0.29, 0.717) is 21.8 Å². The third kappa shape index (κ3) is 4.15. The molecule has 0 unspecified atom stereocenters. The summed E-state index contributed by atoms with van der Waals surface area (Å²) < 4.78 is 4.67. The van der Waals surface area contributed by atoms with E-state index in [4.69, 9.17) is 0 Å². The highest BCUT2D eigenvalue weighted by atomic mass is 32.1. The van der Waals surface area contributed by atoms with Crippen LogP contribution in [0.1, 0.15) is 25.7 Å². The molecule has 2 aromatic carbocycles. The minimum absolute atomic E-state index is 0.233. The lowest BCUT2D eigenvalue weighted by Crippen LogP contribution is -2.11. The SMILES string of the molecule is COC(=O)c1ccc(NC(=O)c2sc(N(C)c3ccccc3)nc2C)cc1. The van der Waals surface area contributed by atoms with Gasteiger partial charge >= 0.3 is 5.97 Å². The number of thiazole rings is 1. The van der Waals surface area contributed by atoms with Crippen molar-refractivity contribution in [2.45, 2.75) is 6.92 Å². The zero-order chi connectivity index (χ0) is 19.4. The van der Waals surface area contributed by atoms with E-state index in [9.17, 15) is 9.59 Å². The molecule has 6 nitrogen and oxygen atoms in total. The highest BCUT2D eigenvalue weighted by Crippen LogP contribution is 2.30. The average Bonchev–Trinajstić information content (AvgIpc) is 3.10. The maximum absolute atomic E-state index is 12.6. The molecule has 0 spiro atoms. The summed E-state index contributed by atoms with van der Waals surface area (Å²) in [4.78, 5) is 31.1. The van der Waals surface area contributed by atoms with Crippen molar-refractivity contribution in [3.05, 3.63) is 70.7 Å². The number of hydrogen-bond acceptors (Lipinski definition) is 6. The number of para-hydroxylation sites is 1. The molecule has 1 heterocycles. The second-order valence-electron chi connectivity index (χ2n) is 5.83. The number of nitrogens with zero attached hydrogens (tertiary/aromatic N) is 2. The van der Waals surface area contributed by atoms with Gasteiger partial charge in [0, 0.05) is 18.4 Å². The second-order valence-corrected chi connectivity index (χ2v) is 6.81. The molecule has 0 fully saturated rings. The van der Waals surface area contributed by atoms with Gasteiger partial charge in [-0.2, -0.15) is 0 Å². The summed E-state index contributed by atoms with van der Waals surface area (Å²) in [5.74, 6) is -0.650. The Labute approximate surface area is 161 Å². The van der Waals surface area contributed by atoms with Gasteiger partial charge in [0.15, 0.2) is 5.13 Å². The van der Waals surface area contributed by atoms with Crippen LogP contribution in [-0.2, 0) is 4.74 Å². The van der Waals surface area contributed by atoms with Crippen LogP contribution >= 0.6 is 11.3 Å². The quantitative estimate of drug-likeness (QED) is 0.669. The molecule has 7 heteroatoms. The van der Waals surface area contributed by atoms with Crippen LogP contribution in [0, 0.1) is 6.92 Å². The number of nitrogens with one attached hydrogen (secondary N) is 1. The standard InChI is InChI=1S/C20H19N3O3S/c1-13-17(27-20(21-13)23(2)16-7-5-4-6-8-16)18(24)22-15-11-9-14(10-12-15)19(25)26-3/h4-12H,1-3H3,(H,22,24). The van der Waals surface area contributed by atoms with Gasteiger partial charge in [0.1, 0.15) is 4.88 Å². The Morgan fingerprint density at radius 2 is 1.74 bits per heavy atom. The number of anilines is 3. The lowest BCUT2D eigenvalue weighted by atomic mass is 10.2. The maximum Gasteiger partial charge on any atom is 0.337 e. The predicted octanol–water partition coefficient (Wildman–Crippen LogP) is 4.26. The van der Waals surface area contributed by atoms with Crippen molar-refractivity contribution >= 4 is 39.7 Å². The first-order chi connectivity index (χ1) is 13.0. The van der Waals surface area contributed by atoms with Gasteiger partial charge in [-0.25, -0.2) is 9.78 Å². The number of carbonyl (C=O) groups is 2. The molecule has 0 atom stereocenters. The number of amides is 1. The van der Waals surface area contributed by atoms with E-state index in [0.717, 1.165) is 10.8 Å². The minimum Gasteiger partial charge on any atom is -0.465 e. The van der Waals surface area contributed by atoms with E-state index in [-0.39, 0.29) is 5.91 Å². The molecule has 0 radical (unpaired) electrons. The third-order valence-corrected chi connectivity index (χ3v) is 5.22. The molecule has 1 aromatic heterocycles. The van der Waals surface area contributed by atoms with Crippen LogP contribution in [-0.4, -0.2) is 31.0 Å². The van der Waals surface area contributed by atoms with Crippen LogP contribution in [0.15, 0.2) is 54.6 Å². The zero-order valence-corrected chi connectivity index (χ0v) is 16.0. The molecule has 1 N–H and O–H groups in total. The number of benzene rings is 2. The number of esters is 1. The monoisotopic (exact) mass is 381 g/mol. The summed E-state index contributed by atoms with van der Waals surface area (Å²) in [6.45, 7) is 1.81. The van der Waals surface area contributed by atoms with E-state index >= 15 is 0 Å². The fourth-order valence-corrected chi connectivity index (χ4v) is 3.44. The molecule has 1 amide bonds. The van der Waals surface area contributed by atoms with Crippen molar-refractivity contribution in [2.75, 3.05) is 24.4 Å². The van der Waals surface area contributed by atoms with E-state index in [2.05, 4.69) is 15.0 Å². The molecular formula is C20H19N3O3S. The molecule has 3 aromatic rings. The van der Waals surface area contributed by atoms with Crippen LogP contribution in [0.3, 0.4) is 0 Å². The third-order valence-electron chi connectivity index (χ3n) is 3.99. The fraction of sp³-hybridized carbons (Fsp3) is 0.150. The molecular weight excluding hydrogens is 362 g/mol. The van der Waals surface area contributed by atoms with Crippen molar-refractivity contribution in [3.8, 4) is 0 Å². The first-order valence-corrected chi connectivity index (χ1v) is 9.07. The van der Waals surface area contributed by atoms with Gasteiger partial charge in [-0.1, -0.05) is 29.5 Å². The largest absolute Gasteiger partial charge is 0.465 e. The lowest BCUT2D eigenvalue weighted by molar-refractivity contribution is 0.0600. The number of ether oxygens (including phenoxy) is 1. The number of aryl methyl sites for hydroxylation is 1. The molecule has 27 heavy (non-hydrogen) atoms. The predicted molar refractivity (Wildman–Crippen MR) is 107 cm³/mol. The number of carbonyl (C=O) groups excluding carboxylic acids is 2. The van der Waals surface area contributed by atoms with Crippen molar-refractivity contribution in [1.29, 1.82) is 0 Å². The maximum atomic E-state index is 12.6. The van der Waals surface area contributed by atoms with E-state index in [1.54, 1.807) is 24.3 Å². The van der Waals surface area contributed by atoms with Gasteiger partial charge in [0.25, 0.3) is 5.91 Å². The Balaban J connectivity index is 1.76. The van der Waals surface area contributed by atoms with Crippen molar-refractivity contribution in [1.82, 2.24) is 4.98 Å². The zero-order valence-electron chi connectivity index (χ0n) is 15.2. The molecule has 0 aliphatic carbocycles. The van der Waals surface area contributed by atoms with Gasteiger partial charge in [0.2, 0.25) is 0 Å². The Bertz CT molecular complexity index is 952. The first-order valence-electron chi connectivity index (χ1n) is 8.25. The summed E-state index contributed by atoms with van der Waals surface area (Å²) >= 11 is 1.33. The summed E-state index contributed by atoms with van der Waals surface area (Å²) in [6, 6.07) is 16.4. The molecule has 0 aliphatic rings. The number of aromatic nitrogens is 1. The van der Waals surface area contributed by atoms with Crippen LogP contribution in [0.25, 0.3) is 0 Å². The van der Waals surface area contributed by atoms with Gasteiger partial charge in [-0.3, -0.25) is 4.79 Å². The van der Waals surface area contributed by atoms with Gasteiger partial charge in [-0.05, 0) is 43.3 Å². The summed E-state index contributed by atoms with van der Waals surface area (Å²) in [7, 11) is 3.25. The molecule has 0 saturated carbocycles. The second kappa shape index (κ2) is 8.01. The van der Waals surface area contributed by atoms with Crippen LogP contribution in [0.5, 0.6) is 0 Å². The molecule has 0 aliphatic heterocycles. The van der Waals surface area contributed by atoms with Gasteiger partial charge in [0.05, 0.1) is 18.4 Å². The number of hydrogen-bond donors (Lipinski definition) is 1. The Hall–Kier alpha value is -3.19. The van der Waals surface area contributed by atoms with Crippen LogP contribution in [0.4, 0.5) is 16.5 Å². The average molecular weight is 381 g/mol. The highest BCUT2D eigenvalue weighted by molar-refractivity contribution is 7.17. The topological polar surface area (TPSA) is 71.5 Å². The molecule has 3 rings (SSSR count). The first kappa shape index (κ1) is 18.6. The van der Waals surface area contributed by atoms with E-state index in [1.165, 1.54) is 18.4 Å². The summed E-state index contributed by atoms with van der Waals surface area (Å²) in [5, 5.41) is 3.58. The van der Waals surface area contributed by atoms with E-state index < -0.39 is 5.97 Å². The minimum atomic E-state index is -0.417. The van der Waals surface area contributed by atoms with E-state index in [1.807, 2.05) is 49.2 Å². The van der Waals surface area contributed by atoms with Crippen molar-refractivity contribution < 1.29 is 14.3 Å². The molecule has 0 saturated heterocycles. The normalized spacial score (nSPS) is 10.3. The number of rotatable bonds is 5. The van der Waals surface area contributed by atoms with Crippen molar-refractivity contribution in [3.63, 3.8) is 0 Å². The molecule has 0 bridgehead atoms. The Kier molecular flexibility index (Phi) is 5.52. The van der Waals surface area contributed by atoms with Crippen LogP contribution in [0.2, 0.25) is 0 Å². The Morgan fingerprint density at radius 1 is 1.07 bits per heavy atom.